The molecule has 0 saturated heterocycles. The first-order valence-corrected chi connectivity index (χ1v) is 10.5. The summed E-state index contributed by atoms with van der Waals surface area (Å²) in [6, 6.07) is 21.6. The Bertz CT molecular complexity index is 1040. The van der Waals surface area contributed by atoms with Gasteiger partial charge in [-0.1, -0.05) is 62.2 Å². The number of aromatic nitrogens is 2. The zero-order valence-electron chi connectivity index (χ0n) is 13.9. The summed E-state index contributed by atoms with van der Waals surface area (Å²) in [6.45, 7) is 0. The van der Waals surface area contributed by atoms with E-state index in [-0.39, 0.29) is 5.75 Å². The number of hydrogen-bond donors (Lipinski definition) is 2. The topological polar surface area (TPSA) is 48.9 Å². The van der Waals surface area contributed by atoms with Crippen LogP contribution in [-0.4, -0.2) is 15.1 Å². The van der Waals surface area contributed by atoms with E-state index >= 15 is 0 Å². The predicted octanol–water partition coefficient (Wildman–Crippen LogP) is 7.40. The maximum absolute atomic E-state index is 10.4. The minimum atomic E-state index is 0.163. The van der Waals surface area contributed by atoms with Crippen LogP contribution in [0.15, 0.2) is 80.1 Å². The molecule has 0 radical (unpaired) electrons. The third-order valence-corrected chi connectivity index (χ3v) is 5.89. The molecule has 0 aliphatic carbocycles. The van der Waals surface area contributed by atoms with Gasteiger partial charge in [-0.3, -0.25) is 0 Å². The molecule has 0 bridgehead atoms. The molecule has 0 saturated carbocycles. The summed E-state index contributed by atoms with van der Waals surface area (Å²) < 4.78 is 2.66. The molecule has 3 nitrogen and oxygen atoms in total. The molecule has 0 unspecified atom stereocenters. The van der Waals surface area contributed by atoms with Crippen molar-refractivity contribution < 1.29 is 5.11 Å². The standard InChI is InChI=1S/C21H13Br3N2O/c22-14-8-4-12(5-9-14)18-19(13-6-10-15(23)11-7-13)26-21(25-18)16-2-1-3-17(24)20(16)27/h1-11,27H,(H,25,26). The lowest BCUT2D eigenvalue weighted by Gasteiger charge is -2.04. The van der Waals surface area contributed by atoms with Gasteiger partial charge in [0.2, 0.25) is 0 Å². The maximum Gasteiger partial charge on any atom is 0.142 e. The number of benzene rings is 3. The lowest BCUT2D eigenvalue weighted by Crippen LogP contribution is -1.83. The van der Waals surface area contributed by atoms with E-state index in [2.05, 4.69) is 52.8 Å². The Balaban J connectivity index is 1.93. The Labute approximate surface area is 181 Å². The van der Waals surface area contributed by atoms with E-state index in [1.165, 1.54) is 0 Å². The van der Waals surface area contributed by atoms with Gasteiger partial charge in [-0.15, -0.1) is 0 Å². The van der Waals surface area contributed by atoms with Crippen LogP contribution in [0, 0.1) is 0 Å². The molecule has 6 heteroatoms. The third-order valence-electron chi connectivity index (χ3n) is 4.20. The number of rotatable bonds is 3. The van der Waals surface area contributed by atoms with Crippen molar-refractivity contribution in [3.63, 3.8) is 0 Å². The van der Waals surface area contributed by atoms with Crippen molar-refractivity contribution in [2.75, 3.05) is 0 Å². The third kappa shape index (κ3) is 3.74. The van der Waals surface area contributed by atoms with Crippen LogP contribution in [0.4, 0.5) is 0 Å². The van der Waals surface area contributed by atoms with Gasteiger partial charge in [-0.2, -0.15) is 0 Å². The van der Waals surface area contributed by atoms with E-state index in [0.29, 0.717) is 15.9 Å². The van der Waals surface area contributed by atoms with E-state index < -0.39 is 0 Å². The average molecular weight is 549 g/mol. The number of halogens is 3. The van der Waals surface area contributed by atoms with Gasteiger partial charge in [0.05, 0.1) is 21.4 Å². The summed E-state index contributed by atoms with van der Waals surface area (Å²) >= 11 is 10.3. The second-order valence-corrected chi connectivity index (χ2v) is 8.64. The van der Waals surface area contributed by atoms with E-state index in [1.54, 1.807) is 6.07 Å². The van der Waals surface area contributed by atoms with Crippen molar-refractivity contribution >= 4 is 47.8 Å². The van der Waals surface area contributed by atoms with Gasteiger partial charge in [0.1, 0.15) is 11.6 Å². The smallest absolute Gasteiger partial charge is 0.142 e. The molecule has 2 N–H and O–H groups in total. The first kappa shape index (κ1) is 18.5. The Morgan fingerprint density at radius 1 is 0.741 bits per heavy atom. The van der Waals surface area contributed by atoms with Crippen molar-refractivity contribution in [2.45, 2.75) is 0 Å². The van der Waals surface area contributed by atoms with Crippen molar-refractivity contribution in [3.05, 3.63) is 80.1 Å². The number of phenols is 1. The lowest BCUT2D eigenvalue weighted by molar-refractivity contribution is 0.473. The van der Waals surface area contributed by atoms with Crippen LogP contribution in [0.2, 0.25) is 0 Å². The first-order valence-electron chi connectivity index (χ1n) is 8.12. The highest BCUT2D eigenvalue weighted by Crippen LogP contribution is 2.38. The first-order chi connectivity index (χ1) is 13.0. The fourth-order valence-electron chi connectivity index (χ4n) is 2.85. The molecule has 0 amide bonds. The minimum absolute atomic E-state index is 0.163. The van der Waals surface area contributed by atoms with E-state index in [0.717, 1.165) is 31.5 Å². The number of H-pyrrole nitrogens is 1. The second-order valence-electron chi connectivity index (χ2n) is 5.96. The fraction of sp³-hybridized carbons (Fsp3) is 0. The molecule has 1 aromatic heterocycles. The molecule has 4 aromatic rings. The number of aromatic hydroxyl groups is 1. The van der Waals surface area contributed by atoms with Crippen LogP contribution in [-0.2, 0) is 0 Å². The minimum Gasteiger partial charge on any atom is -0.506 e. The highest BCUT2D eigenvalue weighted by atomic mass is 79.9. The van der Waals surface area contributed by atoms with Gasteiger partial charge in [0.25, 0.3) is 0 Å². The number of nitrogens with one attached hydrogen (secondary N) is 1. The summed E-state index contributed by atoms with van der Waals surface area (Å²) in [7, 11) is 0. The Morgan fingerprint density at radius 2 is 1.33 bits per heavy atom. The van der Waals surface area contributed by atoms with Crippen molar-refractivity contribution in [3.8, 4) is 39.7 Å². The summed E-state index contributed by atoms with van der Waals surface area (Å²) in [6.07, 6.45) is 0. The average Bonchev–Trinajstić information content (AvgIpc) is 3.10. The molecule has 0 spiro atoms. The number of imidazole rings is 1. The summed E-state index contributed by atoms with van der Waals surface area (Å²) in [5, 5.41) is 10.4. The van der Waals surface area contributed by atoms with Gasteiger partial charge in [0, 0.05) is 20.1 Å². The van der Waals surface area contributed by atoms with Crippen LogP contribution in [0.25, 0.3) is 33.9 Å². The zero-order valence-corrected chi connectivity index (χ0v) is 18.6. The maximum atomic E-state index is 10.4. The van der Waals surface area contributed by atoms with Gasteiger partial charge in [0.15, 0.2) is 0 Å². The van der Waals surface area contributed by atoms with Crippen molar-refractivity contribution in [2.24, 2.45) is 0 Å². The largest absolute Gasteiger partial charge is 0.506 e. The molecule has 4 rings (SSSR count). The van der Waals surface area contributed by atoms with Crippen LogP contribution in [0.3, 0.4) is 0 Å². The number of hydrogen-bond acceptors (Lipinski definition) is 2. The normalized spacial score (nSPS) is 10.9. The van der Waals surface area contributed by atoms with E-state index in [9.17, 15) is 5.11 Å². The van der Waals surface area contributed by atoms with E-state index in [4.69, 9.17) is 4.98 Å². The second kappa shape index (κ2) is 7.62. The molecular formula is C21H13Br3N2O. The van der Waals surface area contributed by atoms with Crippen molar-refractivity contribution in [1.82, 2.24) is 9.97 Å². The zero-order chi connectivity index (χ0) is 19.0. The number of nitrogens with zero attached hydrogens (tertiary/aromatic N) is 1. The predicted molar refractivity (Wildman–Crippen MR) is 120 cm³/mol. The molecule has 27 heavy (non-hydrogen) atoms. The van der Waals surface area contributed by atoms with E-state index in [1.807, 2.05) is 60.7 Å². The highest BCUT2D eigenvalue weighted by Gasteiger charge is 2.18. The quantitative estimate of drug-likeness (QED) is 0.280. The Hall–Kier alpha value is -1.89. The molecule has 0 fully saturated rings. The summed E-state index contributed by atoms with van der Waals surface area (Å²) in [4.78, 5) is 8.21. The number of phenolic OH excluding ortho intramolecular Hbond substituents is 1. The molecule has 3 aromatic carbocycles. The molecular weight excluding hydrogens is 536 g/mol. The van der Waals surface area contributed by atoms with Crippen LogP contribution in [0.1, 0.15) is 0 Å². The number of para-hydroxylation sites is 1. The van der Waals surface area contributed by atoms with Crippen LogP contribution < -0.4 is 0 Å². The Kier molecular flexibility index (Phi) is 5.21. The Morgan fingerprint density at radius 3 is 1.96 bits per heavy atom. The van der Waals surface area contributed by atoms with Gasteiger partial charge in [-0.25, -0.2) is 4.98 Å². The van der Waals surface area contributed by atoms with Gasteiger partial charge in [-0.05, 0) is 52.3 Å². The summed E-state index contributed by atoms with van der Waals surface area (Å²) in [5.41, 5.74) is 4.39. The lowest BCUT2D eigenvalue weighted by atomic mass is 10.1. The number of aromatic amines is 1. The van der Waals surface area contributed by atoms with Crippen molar-refractivity contribution in [1.29, 1.82) is 0 Å². The van der Waals surface area contributed by atoms with Gasteiger partial charge >= 0.3 is 0 Å². The molecule has 0 atom stereocenters. The molecule has 0 aliphatic rings. The monoisotopic (exact) mass is 546 g/mol. The molecule has 0 aliphatic heterocycles. The van der Waals surface area contributed by atoms with Crippen LogP contribution >= 0.6 is 47.8 Å². The molecule has 1 heterocycles. The summed E-state index contributed by atoms with van der Waals surface area (Å²) in [5.74, 6) is 0.778. The van der Waals surface area contributed by atoms with Crippen LogP contribution in [0.5, 0.6) is 5.75 Å². The molecule has 134 valence electrons. The SMILES string of the molecule is Oc1c(Br)cccc1-c1nc(-c2ccc(Br)cc2)c(-c2ccc(Br)cc2)[nH]1. The fourth-order valence-corrected chi connectivity index (χ4v) is 3.74. The highest BCUT2D eigenvalue weighted by molar-refractivity contribution is 9.11. The van der Waals surface area contributed by atoms with Gasteiger partial charge < -0.3 is 10.1 Å².